The second kappa shape index (κ2) is 10.8. The number of carbonyl (C=O) groups is 2. The molecule has 2 aromatic carbocycles. The zero-order valence-corrected chi connectivity index (χ0v) is 18.3. The third kappa shape index (κ3) is 6.09. The molecule has 0 atom stereocenters. The van der Waals surface area contributed by atoms with E-state index >= 15 is 0 Å². The Morgan fingerprint density at radius 1 is 1.06 bits per heavy atom. The molecule has 0 saturated carbocycles. The van der Waals surface area contributed by atoms with Crippen LogP contribution in [0.1, 0.15) is 29.2 Å². The Labute approximate surface area is 181 Å². The highest BCUT2D eigenvalue weighted by Gasteiger charge is 2.15. The van der Waals surface area contributed by atoms with Crippen molar-refractivity contribution in [1.29, 1.82) is 5.26 Å². The molecule has 0 bridgehead atoms. The molecule has 0 aliphatic carbocycles. The number of hydrogen-bond donors (Lipinski definition) is 0. The Bertz CT molecular complexity index is 1050. The summed E-state index contributed by atoms with van der Waals surface area (Å²) in [5, 5.41) is 9.16. The predicted octanol–water partition coefficient (Wildman–Crippen LogP) is 4.07. The standard InChI is InChI=1S/C24H25NO6/c1-6-29-24(27)19(13-25)11-18-9-10-20(21(12-18)28-5)31-22(26)14-30-23-16(3)8-7-15(2)17(23)4/h7-12H,6,14H2,1-5H3/b19-11+. The van der Waals surface area contributed by atoms with Gasteiger partial charge in [0.2, 0.25) is 0 Å². The third-order valence-corrected chi connectivity index (χ3v) is 4.55. The molecule has 0 amide bonds. The van der Waals surface area contributed by atoms with Crippen molar-refractivity contribution in [3.05, 3.63) is 58.2 Å². The molecule has 7 nitrogen and oxygen atoms in total. The Hall–Kier alpha value is -3.79. The van der Waals surface area contributed by atoms with Crippen molar-refractivity contribution >= 4 is 18.0 Å². The van der Waals surface area contributed by atoms with Gasteiger partial charge in [0.1, 0.15) is 17.4 Å². The molecule has 0 fully saturated rings. The smallest absolute Gasteiger partial charge is 0.349 e. The number of esters is 2. The first kappa shape index (κ1) is 23.5. The monoisotopic (exact) mass is 423 g/mol. The summed E-state index contributed by atoms with van der Waals surface area (Å²) < 4.78 is 21.2. The summed E-state index contributed by atoms with van der Waals surface area (Å²) in [6.45, 7) is 7.38. The number of ether oxygens (including phenoxy) is 4. The molecule has 31 heavy (non-hydrogen) atoms. The fourth-order valence-corrected chi connectivity index (χ4v) is 2.80. The molecular weight excluding hydrogens is 398 g/mol. The van der Waals surface area contributed by atoms with Crippen molar-refractivity contribution in [2.24, 2.45) is 0 Å². The fourth-order valence-electron chi connectivity index (χ4n) is 2.80. The van der Waals surface area contributed by atoms with E-state index in [1.54, 1.807) is 19.1 Å². The molecule has 2 aromatic rings. The van der Waals surface area contributed by atoms with Crippen LogP contribution in [0.2, 0.25) is 0 Å². The van der Waals surface area contributed by atoms with E-state index in [2.05, 4.69) is 0 Å². The molecule has 0 saturated heterocycles. The highest BCUT2D eigenvalue weighted by Crippen LogP contribution is 2.30. The maximum atomic E-state index is 12.3. The zero-order chi connectivity index (χ0) is 23.0. The molecule has 0 spiro atoms. The maximum absolute atomic E-state index is 12.3. The number of rotatable bonds is 8. The largest absolute Gasteiger partial charge is 0.493 e. The minimum absolute atomic E-state index is 0.147. The van der Waals surface area contributed by atoms with E-state index in [1.165, 1.54) is 19.3 Å². The highest BCUT2D eigenvalue weighted by molar-refractivity contribution is 5.98. The quantitative estimate of drug-likeness (QED) is 0.273. The predicted molar refractivity (Wildman–Crippen MR) is 115 cm³/mol. The van der Waals surface area contributed by atoms with Crippen molar-refractivity contribution < 1.29 is 28.5 Å². The summed E-state index contributed by atoms with van der Waals surface area (Å²) in [6, 6.07) is 10.4. The third-order valence-electron chi connectivity index (χ3n) is 4.55. The number of carbonyl (C=O) groups excluding carboxylic acids is 2. The van der Waals surface area contributed by atoms with Crippen LogP contribution in [-0.4, -0.2) is 32.3 Å². The number of benzene rings is 2. The van der Waals surface area contributed by atoms with Gasteiger partial charge in [0.25, 0.3) is 0 Å². The van der Waals surface area contributed by atoms with Gasteiger partial charge >= 0.3 is 11.9 Å². The SMILES string of the molecule is CCOC(=O)/C(C#N)=C/c1ccc(OC(=O)COc2c(C)ccc(C)c2C)c(OC)c1. The molecule has 0 aromatic heterocycles. The van der Waals surface area contributed by atoms with E-state index in [-0.39, 0.29) is 30.3 Å². The van der Waals surface area contributed by atoms with Gasteiger partial charge in [-0.1, -0.05) is 18.2 Å². The molecule has 2 rings (SSSR count). The van der Waals surface area contributed by atoms with Gasteiger partial charge in [-0.05, 0) is 68.2 Å². The number of nitriles is 1. The Balaban J connectivity index is 2.14. The van der Waals surface area contributed by atoms with Crippen molar-refractivity contribution in [2.75, 3.05) is 20.3 Å². The Kier molecular flexibility index (Phi) is 8.21. The number of aryl methyl sites for hydroxylation is 2. The van der Waals surface area contributed by atoms with Gasteiger partial charge in [-0.15, -0.1) is 0 Å². The second-order valence-electron chi connectivity index (χ2n) is 6.72. The fraction of sp³-hybridized carbons (Fsp3) is 0.292. The normalized spacial score (nSPS) is 10.8. The minimum atomic E-state index is -0.710. The maximum Gasteiger partial charge on any atom is 0.349 e. The van der Waals surface area contributed by atoms with E-state index in [0.717, 1.165) is 16.7 Å². The van der Waals surface area contributed by atoms with Crippen molar-refractivity contribution in [1.82, 2.24) is 0 Å². The van der Waals surface area contributed by atoms with E-state index in [0.29, 0.717) is 11.3 Å². The average Bonchev–Trinajstić information content (AvgIpc) is 2.75. The van der Waals surface area contributed by atoms with Crippen LogP contribution in [0.5, 0.6) is 17.2 Å². The summed E-state index contributed by atoms with van der Waals surface area (Å²) in [7, 11) is 1.42. The van der Waals surface area contributed by atoms with Crippen LogP contribution in [0, 0.1) is 32.1 Å². The van der Waals surface area contributed by atoms with Crippen LogP contribution in [0.15, 0.2) is 35.9 Å². The van der Waals surface area contributed by atoms with Crippen molar-refractivity contribution in [3.63, 3.8) is 0 Å². The van der Waals surface area contributed by atoms with Crippen LogP contribution in [0.3, 0.4) is 0 Å². The molecule has 0 aliphatic rings. The van der Waals surface area contributed by atoms with Crippen LogP contribution in [0.4, 0.5) is 0 Å². The zero-order valence-electron chi connectivity index (χ0n) is 18.3. The van der Waals surface area contributed by atoms with E-state index < -0.39 is 11.9 Å². The van der Waals surface area contributed by atoms with E-state index in [1.807, 2.05) is 39.0 Å². The van der Waals surface area contributed by atoms with Gasteiger partial charge in [-0.2, -0.15) is 5.26 Å². The molecule has 0 heterocycles. The summed E-state index contributed by atoms with van der Waals surface area (Å²) >= 11 is 0. The number of nitrogens with zero attached hydrogens (tertiary/aromatic N) is 1. The molecule has 162 valence electrons. The summed E-state index contributed by atoms with van der Waals surface area (Å²) in [5.74, 6) is -0.177. The van der Waals surface area contributed by atoms with Gasteiger partial charge in [0.15, 0.2) is 18.1 Å². The van der Waals surface area contributed by atoms with Crippen LogP contribution >= 0.6 is 0 Å². The lowest BCUT2D eigenvalue weighted by molar-refractivity contribution is -0.138. The summed E-state index contributed by atoms with van der Waals surface area (Å²) in [6.07, 6.45) is 1.37. The first-order chi connectivity index (χ1) is 14.8. The topological polar surface area (TPSA) is 94.9 Å². The Morgan fingerprint density at radius 2 is 1.77 bits per heavy atom. The Morgan fingerprint density at radius 3 is 2.42 bits per heavy atom. The van der Waals surface area contributed by atoms with Crippen molar-refractivity contribution in [2.45, 2.75) is 27.7 Å². The van der Waals surface area contributed by atoms with Crippen LogP contribution in [-0.2, 0) is 14.3 Å². The second-order valence-corrected chi connectivity index (χ2v) is 6.72. The molecular formula is C24H25NO6. The van der Waals surface area contributed by atoms with Gasteiger partial charge in [0, 0.05) is 0 Å². The molecule has 0 unspecified atom stereocenters. The molecule has 0 N–H and O–H groups in total. The van der Waals surface area contributed by atoms with Crippen LogP contribution < -0.4 is 14.2 Å². The van der Waals surface area contributed by atoms with E-state index in [4.69, 9.17) is 24.2 Å². The molecule has 0 aliphatic heterocycles. The average molecular weight is 423 g/mol. The highest BCUT2D eigenvalue weighted by atomic mass is 16.6. The lowest BCUT2D eigenvalue weighted by Gasteiger charge is -2.14. The molecule has 7 heteroatoms. The first-order valence-corrected chi connectivity index (χ1v) is 9.67. The molecule has 0 radical (unpaired) electrons. The number of hydrogen-bond acceptors (Lipinski definition) is 7. The number of methoxy groups -OCH3 is 1. The van der Waals surface area contributed by atoms with Gasteiger partial charge in [0.05, 0.1) is 13.7 Å². The van der Waals surface area contributed by atoms with Crippen molar-refractivity contribution in [3.8, 4) is 23.3 Å². The lowest BCUT2D eigenvalue weighted by Crippen LogP contribution is -2.18. The van der Waals surface area contributed by atoms with E-state index in [9.17, 15) is 9.59 Å². The van der Waals surface area contributed by atoms with Gasteiger partial charge in [-0.3, -0.25) is 0 Å². The van der Waals surface area contributed by atoms with Gasteiger partial charge in [-0.25, -0.2) is 9.59 Å². The first-order valence-electron chi connectivity index (χ1n) is 9.67. The summed E-state index contributed by atoms with van der Waals surface area (Å²) in [4.78, 5) is 24.1. The lowest BCUT2D eigenvalue weighted by atomic mass is 10.1. The van der Waals surface area contributed by atoms with Crippen LogP contribution in [0.25, 0.3) is 6.08 Å². The minimum Gasteiger partial charge on any atom is -0.493 e. The van der Waals surface area contributed by atoms with Gasteiger partial charge < -0.3 is 18.9 Å². The summed E-state index contributed by atoms with van der Waals surface area (Å²) in [5.41, 5.74) is 3.34.